The third-order valence-corrected chi connectivity index (χ3v) is 7.20. The van der Waals surface area contributed by atoms with Gasteiger partial charge in [0.25, 0.3) is 5.91 Å². The van der Waals surface area contributed by atoms with Crippen LogP contribution in [0.25, 0.3) is 11.0 Å². The highest BCUT2D eigenvalue weighted by atomic mass is 16.4. The fourth-order valence-corrected chi connectivity index (χ4v) is 5.05. The Morgan fingerprint density at radius 1 is 1.06 bits per heavy atom. The molecule has 2 aromatic carbocycles. The van der Waals surface area contributed by atoms with Crippen molar-refractivity contribution >= 4 is 28.9 Å². The van der Waals surface area contributed by atoms with E-state index in [0.717, 1.165) is 41.3 Å². The predicted molar refractivity (Wildman–Crippen MR) is 139 cm³/mol. The maximum atomic E-state index is 12.3. The molecule has 35 heavy (non-hydrogen) atoms. The topological polar surface area (TPSA) is 98.3 Å². The van der Waals surface area contributed by atoms with E-state index in [1.807, 2.05) is 30.3 Å². The number of fused-ring (bicyclic) bond motifs is 1. The fourth-order valence-electron chi connectivity index (χ4n) is 5.05. The van der Waals surface area contributed by atoms with Crippen molar-refractivity contribution in [3.63, 3.8) is 0 Å². The maximum Gasteiger partial charge on any atom is 0.305 e. The summed E-state index contributed by atoms with van der Waals surface area (Å²) in [6.07, 6.45) is 4.58. The van der Waals surface area contributed by atoms with E-state index in [-0.39, 0.29) is 18.9 Å². The van der Waals surface area contributed by atoms with Crippen LogP contribution in [0.15, 0.2) is 48.5 Å². The Kier molecular flexibility index (Phi) is 7.43. The van der Waals surface area contributed by atoms with Crippen LogP contribution >= 0.6 is 0 Å². The Morgan fingerprint density at radius 2 is 1.74 bits per heavy atom. The van der Waals surface area contributed by atoms with Crippen molar-refractivity contribution in [3.05, 3.63) is 59.7 Å². The number of hydrogen-bond acceptors (Lipinski definition) is 4. The van der Waals surface area contributed by atoms with Crippen LogP contribution in [0.5, 0.6) is 0 Å². The van der Waals surface area contributed by atoms with Crippen molar-refractivity contribution in [1.29, 1.82) is 0 Å². The summed E-state index contributed by atoms with van der Waals surface area (Å²) in [5.41, 5.74) is 3.95. The van der Waals surface area contributed by atoms with Crippen molar-refractivity contribution in [2.45, 2.75) is 65.5 Å². The minimum Gasteiger partial charge on any atom is -0.481 e. The average molecular weight is 477 g/mol. The quantitative estimate of drug-likeness (QED) is 0.405. The number of aromatic nitrogens is 2. The van der Waals surface area contributed by atoms with Gasteiger partial charge in [0.15, 0.2) is 0 Å². The van der Waals surface area contributed by atoms with Gasteiger partial charge in [0.2, 0.25) is 5.95 Å². The fraction of sp³-hybridized carbons (Fsp3) is 0.464. The number of nitrogens with zero attached hydrogens (tertiary/aromatic N) is 2. The molecule has 1 aromatic heterocycles. The normalized spacial score (nSPS) is 18.4. The smallest absolute Gasteiger partial charge is 0.305 e. The van der Waals surface area contributed by atoms with E-state index in [4.69, 9.17) is 10.1 Å². The van der Waals surface area contributed by atoms with Crippen LogP contribution in [-0.2, 0) is 11.3 Å². The van der Waals surface area contributed by atoms with Crippen molar-refractivity contribution in [1.82, 2.24) is 15.3 Å². The number of anilines is 1. The van der Waals surface area contributed by atoms with Gasteiger partial charge in [-0.2, -0.15) is 0 Å². The third-order valence-electron chi connectivity index (χ3n) is 7.20. The van der Waals surface area contributed by atoms with Crippen LogP contribution in [0.1, 0.15) is 68.8 Å². The molecule has 1 aliphatic rings. The first-order valence-corrected chi connectivity index (χ1v) is 12.5. The zero-order valence-electron chi connectivity index (χ0n) is 20.9. The molecule has 0 unspecified atom stereocenters. The molecule has 3 N–H and O–H groups in total. The second-order valence-electron chi connectivity index (χ2n) is 10.7. The van der Waals surface area contributed by atoms with Gasteiger partial charge in [-0.25, -0.2) is 4.98 Å². The Hall–Kier alpha value is -3.35. The maximum absolute atomic E-state index is 12.3. The zero-order valence-corrected chi connectivity index (χ0v) is 20.9. The number of H-pyrrole nitrogens is 1. The van der Waals surface area contributed by atoms with Gasteiger partial charge in [-0.05, 0) is 66.8 Å². The molecule has 1 fully saturated rings. The summed E-state index contributed by atoms with van der Waals surface area (Å²) in [5, 5.41) is 11.4. The highest BCUT2D eigenvalue weighted by molar-refractivity contribution is 5.94. The SMILES string of the molecule is CC(C)(C)C1CCC(N(Cc2ccc(C(=O)NCCC(=O)O)cc2)c2nc3ccccc3[nH]2)CC1. The molecule has 186 valence electrons. The number of hydrogen-bond donors (Lipinski definition) is 3. The second kappa shape index (κ2) is 10.5. The summed E-state index contributed by atoms with van der Waals surface area (Å²) in [6.45, 7) is 7.84. The summed E-state index contributed by atoms with van der Waals surface area (Å²) >= 11 is 0. The van der Waals surface area contributed by atoms with Gasteiger partial charge in [0, 0.05) is 24.7 Å². The molecular weight excluding hydrogens is 440 g/mol. The van der Waals surface area contributed by atoms with E-state index in [0.29, 0.717) is 23.6 Å². The first-order valence-electron chi connectivity index (χ1n) is 12.5. The third kappa shape index (κ3) is 6.21. The number of imidazole rings is 1. The number of aromatic amines is 1. The molecular formula is C28H36N4O3. The first kappa shape index (κ1) is 24.8. The molecule has 0 radical (unpaired) electrons. The highest BCUT2D eigenvalue weighted by Crippen LogP contribution is 2.40. The van der Waals surface area contributed by atoms with Gasteiger partial charge in [-0.1, -0.05) is 45.0 Å². The molecule has 0 aliphatic heterocycles. The lowest BCUT2D eigenvalue weighted by molar-refractivity contribution is -0.136. The molecule has 7 heteroatoms. The van der Waals surface area contributed by atoms with Crippen LogP contribution in [0.2, 0.25) is 0 Å². The number of aliphatic carboxylic acids is 1. The number of amides is 1. The van der Waals surface area contributed by atoms with Gasteiger partial charge in [-0.3, -0.25) is 9.59 Å². The summed E-state index contributed by atoms with van der Waals surface area (Å²) in [6, 6.07) is 16.1. The predicted octanol–water partition coefficient (Wildman–Crippen LogP) is 5.38. The minimum atomic E-state index is -0.928. The second-order valence-corrected chi connectivity index (χ2v) is 10.7. The number of para-hydroxylation sites is 2. The molecule has 0 atom stereocenters. The van der Waals surface area contributed by atoms with Gasteiger partial charge in [-0.15, -0.1) is 0 Å². The Balaban J connectivity index is 1.51. The lowest BCUT2D eigenvalue weighted by atomic mass is 9.71. The monoisotopic (exact) mass is 476 g/mol. The summed E-state index contributed by atoms with van der Waals surface area (Å²) in [5.74, 6) is 0.436. The zero-order chi connectivity index (χ0) is 25.0. The van der Waals surface area contributed by atoms with Crippen LogP contribution in [0.3, 0.4) is 0 Å². The van der Waals surface area contributed by atoms with Crippen molar-refractivity contribution in [2.75, 3.05) is 11.4 Å². The van der Waals surface area contributed by atoms with E-state index >= 15 is 0 Å². The Morgan fingerprint density at radius 3 is 2.37 bits per heavy atom. The molecule has 1 amide bonds. The summed E-state index contributed by atoms with van der Waals surface area (Å²) in [7, 11) is 0. The van der Waals surface area contributed by atoms with E-state index < -0.39 is 5.97 Å². The summed E-state index contributed by atoms with van der Waals surface area (Å²) < 4.78 is 0. The summed E-state index contributed by atoms with van der Waals surface area (Å²) in [4.78, 5) is 33.8. The number of carbonyl (C=O) groups excluding carboxylic acids is 1. The molecule has 1 aliphatic carbocycles. The standard InChI is InChI=1S/C28H36N4O3/c1-28(2,3)21-12-14-22(15-13-21)32(27-30-23-6-4-5-7-24(23)31-27)18-19-8-10-20(11-9-19)26(35)29-17-16-25(33)34/h4-11,21-22H,12-18H2,1-3H3,(H,29,35)(H,30,31)(H,33,34). The molecule has 0 bridgehead atoms. The van der Waals surface area contributed by atoms with Crippen LogP contribution < -0.4 is 10.2 Å². The number of carbonyl (C=O) groups is 2. The highest BCUT2D eigenvalue weighted by Gasteiger charge is 2.33. The van der Waals surface area contributed by atoms with Gasteiger partial charge in [0.05, 0.1) is 17.5 Å². The number of carboxylic acid groups (broad SMARTS) is 1. The van der Waals surface area contributed by atoms with E-state index in [1.165, 1.54) is 12.8 Å². The largest absolute Gasteiger partial charge is 0.481 e. The molecule has 0 saturated heterocycles. The average Bonchev–Trinajstić information content (AvgIpc) is 3.26. The van der Waals surface area contributed by atoms with Crippen LogP contribution in [0.4, 0.5) is 5.95 Å². The lowest BCUT2D eigenvalue weighted by Gasteiger charge is -2.41. The van der Waals surface area contributed by atoms with Crippen molar-refractivity contribution < 1.29 is 14.7 Å². The van der Waals surface area contributed by atoms with Crippen LogP contribution in [-0.4, -0.2) is 39.5 Å². The van der Waals surface area contributed by atoms with E-state index in [1.54, 1.807) is 12.1 Å². The molecule has 4 rings (SSSR count). The van der Waals surface area contributed by atoms with Crippen molar-refractivity contribution in [2.24, 2.45) is 11.3 Å². The number of rotatable bonds is 8. The van der Waals surface area contributed by atoms with Crippen molar-refractivity contribution in [3.8, 4) is 0 Å². The Bertz CT molecular complexity index is 1120. The number of carboxylic acids is 1. The molecule has 7 nitrogen and oxygen atoms in total. The molecule has 0 spiro atoms. The van der Waals surface area contributed by atoms with E-state index in [2.05, 4.69) is 42.0 Å². The number of nitrogens with one attached hydrogen (secondary N) is 2. The molecule has 1 heterocycles. The van der Waals surface area contributed by atoms with E-state index in [9.17, 15) is 9.59 Å². The van der Waals surface area contributed by atoms with Gasteiger partial charge in [0.1, 0.15) is 0 Å². The minimum absolute atomic E-state index is 0.0895. The first-order chi connectivity index (χ1) is 16.7. The number of benzene rings is 2. The Labute approximate surface area is 206 Å². The van der Waals surface area contributed by atoms with Crippen LogP contribution in [0, 0.1) is 11.3 Å². The van der Waals surface area contributed by atoms with Gasteiger partial charge < -0.3 is 20.3 Å². The van der Waals surface area contributed by atoms with Gasteiger partial charge >= 0.3 is 5.97 Å². The molecule has 1 saturated carbocycles. The lowest BCUT2D eigenvalue weighted by Crippen LogP contribution is -2.40. The molecule has 3 aromatic rings.